The predicted molar refractivity (Wildman–Crippen MR) is 116 cm³/mol. The zero-order chi connectivity index (χ0) is 21.7. The average Bonchev–Trinajstić information content (AvgIpc) is 2.75. The van der Waals surface area contributed by atoms with E-state index in [1.807, 2.05) is 55.5 Å². The van der Waals surface area contributed by atoms with Crippen molar-refractivity contribution in [3.8, 4) is 5.75 Å². The van der Waals surface area contributed by atoms with Crippen LogP contribution in [0.2, 0.25) is 0 Å². The summed E-state index contributed by atoms with van der Waals surface area (Å²) in [5.41, 5.74) is 6.47. The number of carbonyl (C=O) groups is 1. The van der Waals surface area contributed by atoms with E-state index in [1.54, 1.807) is 6.07 Å². The summed E-state index contributed by atoms with van der Waals surface area (Å²) in [5.74, 6) is 0.0538. The Hall–Kier alpha value is -3.81. The van der Waals surface area contributed by atoms with Gasteiger partial charge in [0.25, 0.3) is 11.5 Å². The molecule has 156 valence electrons. The van der Waals surface area contributed by atoms with E-state index in [1.165, 1.54) is 11.6 Å². The first-order chi connectivity index (χ1) is 14.4. The number of aromatic amines is 1. The monoisotopic (exact) mass is 408 g/mol. The van der Waals surface area contributed by atoms with E-state index in [0.29, 0.717) is 5.75 Å². The number of rotatable bonds is 7. The highest BCUT2D eigenvalue weighted by Gasteiger charge is 2.21. The van der Waals surface area contributed by atoms with Gasteiger partial charge in [0, 0.05) is 7.05 Å². The van der Waals surface area contributed by atoms with E-state index in [2.05, 4.69) is 4.98 Å². The summed E-state index contributed by atoms with van der Waals surface area (Å²) >= 11 is 0. The molecule has 0 saturated carbocycles. The molecule has 2 aromatic carbocycles. The minimum absolute atomic E-state index is 0.0857. The molecule has 3 N–H and O–H groups in total. The molecule has 1 heterocycles. The van der Waals surface area contributed by atoms with E-state index in [0.717, 1.165) is 22.4 Å². The standard InChI is InChI=1S/C22H24N4O4/c1-3-16-11-7-8-12-17(16)30-14-18(27)25(2)19-20(23)26(22(29)24-21(19)28)13-15-9-5-4-6-10-15/h4-12H,3,13-14,23H2,1-2H3,(H,24,28,29). The van der Waals surface area contributed by atoms with Crippen LogP contribution in [0.25, 0.3) is 0 Å². The molecule has 0 bridgehead atoms. The van der Waals surface area contributed by atoms with Gasteiger partial charge in [-0.3, -0.25) is 19.1 Å². The van der Waals surface area contributed by atoms with Gasteiger partial charge >= 0.3 is 5.69 Å². The number of nitrogen functional groups attached to an aromatic ring is 1. The van der Waals surface area contributed by atoms with Crippen LogP contribution in [0, 0.1) is 0 Å². The molecule has 1 aromatic heterocycles. The largest absolute Gasteiger partial charge is 0.483 e. The van der Waals surface area contributed by atoms with Crippen LogP contribution in [0.4, 0.5) is 11.5 Å². The van der Waals surface area contributed by atoms with Crippen molar-refractivity contribution in [3.63, 3.8) is 0 Å². The fraction of sp³-hybridized carbons (Fsp3) is 0.227. The lowest BCUT2D eigenvalue weighted by Gasteiger charge is -2.21. The summed E-state index contributed by atoms with van der Waals surface area (Å²) in [6, 6.07) is 16.6. The second-order valence-electron chi connectivity index (χ2n) is 6.77. The molecule has 0 aliphatic rings. The molecule has 0 aliphatic carbocycles. The zero-order valence-corrected chi connectivity index (χ0v) is 16.9. The molecule has 8 nitrogen and oxygen atoms in total. The predicted octanol–water partition coefficient (Wildman–Crippen LogP) is 1.77. The zero-order valence-electron chi connectivity index (χ0n) is 16.9. The maximum atomic E-state index is 12.7. The molecule has 30 heavy (non-hydrogen) atoms. The van der Waals surface area contributed by atoms with Gasteiger partial charge in [0.2, 0.25) is 0 Å². The lowest BCUT2D eigenvalue weighted by molar-refractivity contribution is -0.120. The first-order valence-electron chi connectivity index (χ1n) is 9.56. The highest BCUT2D eigenvalue weighted by Crippen LogP contribution is 2.20. The van der Waals surface area contributed by atoms with E-state index in [4.69, 9.17) is 10.5 Å². The summed E-state index contributed by atoms with van der Waals surface area (Å²) in [4.78, 5) is 40.7. The highest BCUT2D eigenvalue weighted by atomic mass is 16.5. The normalized spacial score (nSPS) is 10.6. The van der Waals surface area contributed by atoms with E-state index < -0.39 is 17.2 Å². The second kappa shape index (κ2) is 9.13. The number of likely N-dealkylation sites (N-methyl/N-ethyl adjacent to an activating group) is 1. The Bertz CT molecular complexity index is 1150. The number of carbonyl (C=O) groups excluding carboxylic acids is 1. The number of hydrogen-bond acceptors (Lipinski definition) is 5. The van der Waals surface area contributed by atoms with Crippen LogP contribution in [0.15, 0.2) is 64.2 Å². The van der Waals surface area contributed by atoms with Crippen LogP contribution >= 0.6 is 0 Å². The van der Waals surface area contributed by atoms with Crippen molar-refractivity contribution in [1.29, 1.82) is 0 Å². The lowest BCUT2D eigenvalue weighted by atomic mass is 10.1. The molecule has 0 fully saturated rings. The molecular weight excluding hydrogens is 384 g/mol. The second-order valence-corrected chi connectivity index (χ2v) is 6.77. The molecular formula is C22H24N4O4. The van der Waals surface area contributed by atoms with E-state index >= 15 is 0 Å². The van der Waals surface area contributed by atoms with Crippen molar-refractivity contribution in [2.75, 3.05) is 24.3 Å². The number of ether oxygens (including phenoxy) is 1. The minimum Gasteiger partial charge on any atom is -0.483 e. The maximum Gasteiger partial charge on any atom is 0.330 e. The third-order valence-corrected chi connectivity index (χ3v) is 4.81. The SMILES string of the molecule is CCc1ccccc1OCC(=O)N(C)c1c(N)n(Cc2ccccc2)c(=O)[nH]c1=O. The van der Waals surface area contributed by atoms with Gasteiger partial charge < -0.3 is 15.4 Å². The average molecular weight is 408 g/mol. The number of para-hydroxylation sites is 1. The number of hydrogen-bond donors (Lipinski definition) is 2. The van der Waals surface area contributed by atoms with Crippen LogP contribution in [0.3, 0.4) is 0 Å². The van der Waals surface area contributed by atoms with Crippen LogP contribution in [-0.2, 0) is 17.8 Å². The smallest absolute Gasteiger partial charge is 0.330 e. The van der Waals surface area contributed by atoms with Crippen molar-refractivity contribution in [2.24, 2.45) is 0 Å². The van der Waals surface area contributed by atoms with E-state index in [-0.39, 0.29) is 24.7 Å². The maximum absolute atomic E-state index is 12.7. The number of aromatic nitrogens is 2. The Morgan fingerprint density at radius 1 is 1.10 bits per heavy atom. The molecule has 1 amide bonds. The Balaban J connectivity index is 1.85. The van der Waals surface area contributed by atoms with Gasteiger partial charge in [0.05, 0.1) is 6.54 Å². The lowest BCUT2D eigenvalue weighted by Crippen LogP contribution is -2.41. The first-order valence-corrected chi connectivity index (χ1v) is 9.56. The number of anilines is 2. The summed E-state index contributed by atoms with van der Waals surface area (Å²) in [5, 5.41) is 0. The summed E-state index contributed by atoms with van der Waals surface area (Å²) in [7, 11) is 1.43. The van der Waals surface area contributed by atoms with Gasteiger partial charge in [-0.05, 0) is 23.6 Å². The Kier molecular flexibility index (Phi) is 6.36. The molecule has 0 saturated heterocycles. The number of amides is 1. The number of nitrogens with one attached hydrogen (secondary N) is 1. The number of H-pyrrole nitrogens is 1. The van der Waals surface area contributed by atoms with Crippen molar-refractivity contribution in [3.05, 3.63) is 86.6 Å². The van der Waals surface area contributed by atoms with Crippen LogP contribution in [-0.4, -0.2) is 29.1 Å². The number of benzene rings is 2. The van der Waals surface area contributed by atoms with E-state index in [9.17, 15) is 14.4 Å². The molecule has 0 aliphatic heterocycles. The number of aryl methyl sites for hydroxylation is 1. The Morgan fingerprint density at radius 3 is 2.47 bits per heavy atom. The van der Waals surface area contributed by atoms with Gasteiger partial charge in [-0.2, -0.15) is 0 Å². The summed E-state index contributed by atoms with van der Waals surface area (Å²) < 4.78 is 6.87. The third-order valence-electron chi connectivity index (χ3n) is 4.81. The molecule has 0 atom stereocenters. The van der Waals surface area contributed by atoms with Crippen molar-refractivity contribution in [2.45, 2.75) is 19.9 Å². The molecule has 0 spiro atoms. The number of nitrogens with zero attached hydrogens (tertiary/aromatic N) is 2. The van der Waals surface area contributed by atoms with Gasteiger partial charge in [0.1, 0.15) is 11.6 Å². The van der Waals surface area contributed by atoms with Gasteiger partial charge in [-0.1, -0.05) is 55.5 Å². The van der Waals surface area contributed by atoms with Crippen molar-refractivity contribution >= 4 is 17.4 Å². The van der Waals surface area contributed by atoms with Crippen LogP contribution in [0.1, 0.15) is 18.1 Å². The summed E-state index contributed by atoms with van der Waals surface area (Å²) in [6.45, 7) is 1.88. The van der Waals surface area contributed by atoms with Gasteiger partial charge in [-0.25, -0.2) is 4.79 Å². The van der Waals surface area contributed by atoms with Gasteiger partial charge in [0.15, 0.2) is 12.3 Å². The van der Waals surface area contributed by atoms with Crippen molar-refractivity contribution in [1.82, 2.24) is 9.55 Å². The Morgan fingerprint density at radius 2 is 1.77 bits per heavy atom. The fourth-order valence-electron chi connectivity index (χ4n) is 3.12. The molecule has 8 heteroatoms. The Labute approximate surface area is 173 Å². The number of nitrogens with two attached hydrogens (primary N) is 1. The van der Waals surface area contributed by atoms with Gasteiger partial charge in [-0.15, -0.1) is 0 Å². The third kappa shape index (κ3) is 4.43. The van der Waals surface area contributed by atoms with Crippen LogP contribution in [0.5, 0.6) is 5.75 Å². The topological polar surface area (TPSA) is 110 Å². The van der Waals surface area contributed by atoms with Crippen LogP contribution < -0.4 is 26.6 Å². The fourth-order valence-corrected chi connectivity index (χ4v) is 3.12. The highest BCUT2D eigenvalue weighted by molar-refractivity contribution is 5.96. The molecule has 3 aromatic rings. The molecule has 0 radical (unpaired) electrons. The molecule has 0 unspecified atom stereocenters. The van der Waals surface area contributed by atoms with Crippen molar-refractivity contribution < 1.29 is 9.53 Å². The quantitative estimate of drug-likeness (QED) is 0.619. The summed E-state index contributed by atoms with van der Waals surface area (Å²) in [6.07, 6.45) is 0.761. The molecule has 3 rings (SSSR count). The first kappa shape index (κ1) is 20.9. The minimum atomic E-state index is -0.730.